The van der Waals surface area contributed by atoms with Crippen molar-refractivity contribution >= 4 is 6.09 Å². The number of carbonyl (C=O) groups is 1. The van der Waals surface area contributed by atoms with Crippen LogP contribution in [0.1, 0.15) is 80.6 Å². The van der Waals surface area contributed by atoms with E-state index in [0.717, 1.165) is 32.0 Å². The molecule has 24 heavy (non-hydrogen) atoms. The third-order valence-corrected chi connectivity index (χ3v) is 4.91. The third kappa shape index (κ3) is 7.87. The van der Waals surface area contributed by atoms with Crippen molar-refractivity contribution < 1.29 is 9.53 Å². The van der Waals surface area contributed by atoms with Crippen LogP contribution < -0.4 is 5.32 Å². The van der Waals surface area contributed by atoms with E-state index in [2.05, 4.69) is 33.0 Å². The van der Waals surface area contributed by atoms with E-state index in [1.54, 1.807) is 0 Å². The zero-order valence-corrected chi connectivity index (χ0v) is 17.1. The molecule has 1 amide bonds. The van der Waals surface area contributed by atoms with Gasteiger partial charge in [-0.15, -0.1) is 0 Å². The molecule has 142 valence electrons. The van der Waals surface area contributed by atoms with Gasteiger partial charge in [0.15, 0.2) is 0 Å². The lowest BCUT2D eigenvalue weighted by Gasteiger charge is -2.37. The van der Waals surface area contributed by atoms with E-state index >= 15 is 0 Å². The molecule has 0 atom stereocenters. The fraction of sp³-hybridized carbons (Fsp3) is 0.950. The van der Waals surface area contributed by atoms with Crippen molar-refractivity contribution in [3.63, 3.8) is 0 Å². The highest BCUT2D eigenvalue weighted by atomic mass is 16.6. The maximum absolute atomic E-state index is 12.3. The number of rotatable bonds is 6. The van der Waals surface area contributed by atoms with Gasteiger partial charge in [0.05, 0.1) is 0 Å². The molecule has 0 radical (unpaired) electrons. The molecular weight excluding hydrogens is 300 g/mol. The molecule has 4 heteroatoms. The Balaban J connectivity index is 2.35. The molecule has 0 saturated heterocycles. The lowest BCUT2D eigenvalue weighted by molar-refractivity contribution is 0.0249. The molecule has 4 nitrogen and oxygen atoms in total. The smallest absolute Gasteiger partial charge is 0.410 e. The molecule has 1 fully saturated rings. The van der Waals surface area contributed by atoms with Gasteiger partial charge in [0.1, 0.15) is 5.60 Å². The standard InChI is InChI=1S/C20H40N2O2/c1-8-14-22(18(23)24-20(5,6)7)15-13-21-17-11-9-16(10-12-17)19(2,3)4/h16-17,21H,8-15H2,1-7H3. The molecule has 0 unspecified atom stereocenters. The van der Waals surface area contributed by atoms with E-state index < -0.39 is 5.60 Å². The van der Waals surface area contributed by atoms with Gasteiger partial charge in [-0.05, 0) is 64.2 Å². The molecule has 0 aromatic carbocycles. The number of hydrogen-bond acceptors (Lipinski definition) is 3. The Morgan fingerprint density at radius 3 is 2.08 bits per heavy atom. The minimum Gasteiger partial charge on any atom is -0.444 e. The summed E-state index contributed by atoms with van der Waals surface area (Å²) in [7, 11) is 0. The maximum Gasteiger partial charge on any atom is 0.410 e. The summed E-state index contributed by atoms with van der Waals surface area (Å²) in [6.45, 7) is 17.2. The fourth-order valence-corrected chi connectivity index (χ4v) is 3.46. The van der Waals surface area contributed by atoms with Crippen molar-refractivity contribution in [3.8, 4) is 0 Å². The van der Waals surface area contributed by atoms with Crippen LogP contribution >= 0.6 is 0 Å². The Kier molecular flexibility index (Phi) is 8.04. The van der Waals surface area contributed by atoms with Crippen LogP contribution in [0.3, 0.4) is 0 Å². The number of nitrogens with zero attached hydrogens (tertiary/aromatic N) is 1. The van der Waals surface area contributed by atoms with Gasteiger partial charge in [0, 0.05) is 25.7 Å². The molecule has 1 aliphatic carbocycles. The summed E-state index contributed by atoms with van der Waals surface area (Å²) in [4.78, 5) is 14.1. The Labute approximate surface area is 149 Å². The second-order valence-corrected chi connectivity index (χ2v) is 9.34. The highest BCUT2D eigenvalue weighted by Crippen LogP contribution is 2.37. The zero-order valence-electron chi connectivity index (χ0n) is 17.1. The minimum atomic E-state index is -0.429. The lowest BCUT2D eigenvalue weighted by Crippen LogP contribution is -2.43. The topological polar surface area (TPSA) is 41.6 Å². The highest BCUT2D eigenvalue weighted by molar-refractivity contribution is 5.68. The van der Waals surface area contributed by atoms with E-state index in [9.17, 15) is 4.79 Å². The predicted molar refractivity (Wildman–Crippen MR) is 101 cm³/mol. The SMILES string of the molecule is CCCN(CCNC1CCC(C(C)(C)C)CC1)C(=O)OC(C)(C)C. The number of carbonyl (C=O) groups excluding carboxylic acids is 1. The molecule has 0 aromatic rings. The Morgan fingerprint density at radius 1 is 1.04 bits per heavy atom. The molecule has 0 aromatic heterocycles. The first-order valence-electron chi connectivity index (χ1n) is 9.74. The van der Waals surface area contributed by atoms with E-state index in [1.807, 2.05) is 25.7 Å². The molecule has 0 bridgehead atoms. The predicted octanol–water partition coefficient (Wildman–Crippen LogP) is 4.83. The second kappa shape index (κ2) is 9.07. The first kappa shape index (κ1) is 21.3. The van der Waals surface area contributed by atoms with Crippen molar-refractivity contribution in [2.75, 3.05) is 19.6 Å². The summed E-state index contributed by atoms with van der Waals surface area (Å²) >= 11 is 0. The monoisotopic (exact) mass is 340 g/mol. The van der Waals surface area contributed by atoms with Gasteiger partial charge >= 0.3 is 6.09 Å². The van der Waals surface area contributed by atoms with Crippen LogP contribution in [0.15, 0.2) is 0 Å². The van der Waals surface area contributed by atoms with E-state index in [-0.39, 0.29) is 6.09 Å². The Bertz CT molecular complexity index is 374. The van der Waals surface area contributed by atoms with E-state index in [0.29, 0.717) is 11.5 Å². The van der Waals surface area contributed by atoms with E-state index in [4.69, 9.17) is 4.74 Å². The minimum absolute atomic E-state index is 0.192. The fourth-order valence-electron chi connectivity index (χ4n) is 3.46. The summed E-state index contributed by atoms with van der Waals surface area (Å²) in [6, 6.07) is 0.603. The first-order valence-corrected chi connectivity index (χ1v) is 9.74. The van der Waals surface area contributed by atoms with Crippen molar-refractivity contribution in [2.24, 2.45) is 11.3 Å². The molecule has 0 heterocycles. The van der Waals surface area contributed by atoms with Crippen LogP contribution in [-0.4, -0.2) is 42.3 Å². The van der Waals surface area contributed by atoms with Gasteiger partial charge < -0.3 is 15.0 Å². The van der Waals surface area contributed by atoms with Crippen molar-refractivity contribution in [3.05, 3.63) is 0 Å². The van der Waals surface area contributed by atoms with Gasteiger partial charge in [-0.2, -0.15) is 0 Å². The summed E-state index contributed by atoms with van der Waals surface area (Å²) in [5, 5.41) is 3.65. The Morgan fingerprint density at radius 2 is 1.62 bits per heavy atom. The largest absolute Gasteiger partial charge is 0.444 e. The normalized spacial score (nSPS) is 22.3. The molecule has 0 aliphatic heterocycles. The number of hydrogen-bond donors (Lipinski definition) is 1. The quantitative estimate of drug-likeness (QED) is 0.753. The van der Waals surface area contributed by atoms with Gasteiger partial charge in [-0.25, -0.2) is 4.79 Å². The molecule has 1 rings (SSSR count). The van der Waals surface area contributed by atoms with Crippen LogP contribution in [-0.2, 0) is 4.74 Å². The maximum atomic E-state index is 12.3. The van der Waals surface area contributed by atoms with E-state index in [1.165, 1.54) is 25.7 Å². The van der Waals surface area contributed by atoms with Crippen LogP contribution in [0, 0.1) is 11.3 Å². The van der Waals surface area contributed by atoms with Crippen LogP contribution in [0.2, 0.25) is 0 Å². The van der Waals surface area contributed by atoms with Crippen molar-refractivity contribution in [1.82, 2.24) is 10.2 Å². The second-order valence-electron chi connectivity index (χ2n) is 9.34. The molecule has 1 N–H and O–H groups in total. The van der Waals surface area contributed by atoms with Gasteiger partial charge in [-0.3, -0.25) is 0 Å². The number of amides is 1. The van der Waals surface area contributed by atoms with Crippen LogP contribution in [0.25, 0.3) is 0 Å². The van der Waals surface area contributed by atoms with Crippen molar-refractivity contribution in [2.45, 2.75) is 92.2 Å². The summed E-state index contributed by atoms with van der Waals surface area (Å²) < 4.78 is 5.51. The van der Waals surface area contributed by atoms with Gasteiger partial charge in [0.2, 0.25) is 0 Å². The highest BCUT2D eigenvalue weighted by Gasteiger charge is 2.29. The number of ether oxygens (including phenoxy) is 1. The molecular formula is C20H40N2O2. The summed E-state index contributed by atoms with van der Waals surface area (Å²) in [5.74, 6) is 0.842. The van der Waals surface area contributed by atoms with Crippen LogP contribution in [0.4, 0.5) is 4.79 Å². The molecule has 1 aliphatic rings. The zero-order chi connectivity index (χ0) is 18.4. The lowest BCUT2D eigenvalue weighted by atomic mass is 9.71. The van der Waals surface area contributed by atoms with Crippen molar-refractivity contribution in [1.29, 1.82) is 0 Å². The summed E-state index contributed by atoms with van der Waals surface area (Å²) in [6.07, 6.45) is 5.89. The van der Waals surface area contributed by atoms with Crippen LogP contribution in [0.5, 0.6) is 0 Å². The Hall–Kier alpha value is -0.770. The average molecular weight is 341 g/mol. The average Bonchev–Trinajstić information content (AvgIpc) is 2.44. The molecule has 0 spiro atoms. The third-order valence-electron chi connectivity index (χ3n) is 4.91. The van der Waals surface area contributed by atoms with Gasteiger partial charge in [-0.1, -0.05) is 27.7 Å². The number of nitrogens with one attached hydrogen (secondary N) is 1. The summed E-state index contributed by atoms with van der Waals surface area (Å²) in [5.41, 5.74) is 0.00144. The first-order chi connectivity index (χ1) is 11.0. The van der Waals surface area contributed by atoms with Gasteiger partial charge in [0.25, 0.3) is 0 Å². The molecule has 1 saturated carbocycles.